The summed E-state index contributed by atoms with van der Waals surface area (Å²) in [7, 11) is 2.06. The SMILES string of the molecule is CCNC(=NCCc1cnn(-c2ccccc2)c1)N(C)CCOCC1CC1.I. The zero-order chi connectivity index (χ0) is 18.9. The lowest BCUT2D eigenvalue weighted by Gasteiger charge is -2.22. The molecule has 1 aromatic heterocycles. The Hall–Kier alpha value is -1.61. The third-order valence-corrected chi connectivity index (χ3v) is 4.64. The standard InChI is InChI=1S/C21H31N5O.HI/c1-3-22-21(25(2)13-14-27-17-18-9-10-18)23-12-11-19-15-24-26(16-19)20-7-5-4-6-8-20;/h4-8,15-16,18H,3,9-14,17H2,1-2H3,(H,22,23);1H. The Morgan fingerprint density at radius 2 is 2.11 bits per heavy atom. The van der Waals surface area contributed by atoms with Crippen LogP contribution in [0.3, 0.4) is 0 Å². The van der Waals surface area contributed by atoms with Crippen LogP contribution in [0.5, 0.6) is 0 Å². The molecule has 7 heteroatoms. The molecule has 1 aliphatic rings. The predicted octanol–water partition coefficient (Wildman–Crippen LogP) is 3.36. The van der Waals surface area contributed by atoms with Crippen LogP contribution >= 0.6 is 24.0 Å². The van der Waals surface area contributed by atoms with Gasteiger partial charge in [-0.3, -0.25) is 4.99 Å². The van der Waals surface area contributed by atoms with E-state index in [1.165, 1.54) is 18.4 Å². The van der Waals surface area contributed by atoms with Gasteiger partial charge in [0.15, 0.2) is 5.96 Å². The van der Waals surface area contributed by atoms with Crippen LogP contribution in [0.2, 0.25) is 0 Å². The Morgan fingerprint density at radius 3 is 2.82 bits per heavy atom. The number of nitrogens with zero attached hydrogens (tertiary/aromatic N) is 4. The van der Waals surface area contributed by atoms with Gasteiger partial charge in [0.2, 0.25) is 0 Å². The number of nitrogens with one attached hydrogen (secondary N) is 1. The average Bonchev–Trinajstić information content (AvgIpc) is 3.40. The first-order valence-corrected chi connectivity index (χ1v) is 9.92. The van der Waals surface area contributed by atoms with Gasteiger partial charge in [0, 0.05) is 39.5 Å². The summed E-state index contributed by atoms with van der Waals surface area (Å²) in [5.74, 6) is 1.75. The van der Waals surface area contributed by atoms with Crippen LogP contribution in [0.4, 0.5) is 0 Å². The van der Waals surface area contributed by atoms with Crippen LogP contribution in [-0.2, 0) is 11.2 Å². The molecule has 2 aromatic rings. The molecule has 0 amide bonds. The fourth-order valence-electron chi connectivity index (χ4n) is 2.81. The van der Waals surface area contributed by atoms with E-state index >= 15 is 0 Å². The highest BCUT2D eigenvalue weighted by Gasteiger charge is 2.21. The predicted molar refractivity (Wildman–Crippen MR) is 125 cm³/mol. The monoisotopic (exact) mass is 497 g/mol. The number of aromatic nitrogens is 2. The number of guanidine groups is 1. The van der Waals surface area contributed by atoms with Crippen LogP contribution in [0.25, 0.3) is 5.69 Å². The maximum atomic E-state index is 5.74. The van der Waals surface area contributed by atoms with E-state index in [9.17, 15) is 0 Å². The molecule has 0 spiro atoms. The summed E-state index contributed by atoms with van der Waals surface area (Å²) in [6, 6.07) is 10.2. The largest absolute Gasteiger partial charge is 0.379 e. The number of aliphatic imine (C=N–C) groups is 1. The van der Waals surface area contributed by atoms with Crippen molar-refractivity contribution in [2.45, 2.75) is 26.2 Å². The van der Waals surface area contributed by atoms with E-state index in [4.69, 9.17) is 9.73 Å². The number of halogens is 1. The summed E-state index contributed by atoms with van der Waals surface area (Å²) in [5, 5.41) is 7.81. The van der Waals surface area contributed by atoms with E-state index in [0.717, 1.165) is 56.8 Å². The molecule has 1 aliphatic carbocycles. The summed E-state index contributed by atoms with van der Waals surface area (Å²) in [5.41, 5.74) is 2.26. The van der Waals surface area contributed by atoms with Crippen molar-refractivity contribution in [1.29, 1.82) is 0 Å². The fraction of sp³-hybridized carbons (Fsp3) is 0.524. The van der Waals surface area contributed by atoms with Gasteiger partial charge in [-0.25, -0.2) is 4.68 Å². The molecular formula is C21H32IN5O. The summed E-state index contributed by atoms with van der Waals surface area (Å²) in [6.45, 7) is 6.20. The first-order chi connectivity index (χ1) is 13.3. The molecule has 0 atom stereocenters. The van der Waals surface area contributed by atoms with Crippen molar-refractivity contribution in [3.8, 4) is 5.69 Å². The van der Waals surface area contributed by atoms with Crippen molar-refractivity contribution in [2.24, 2.45) is 10.9 Å². The van der Waals surface area contributed by atoms with Crippen LogP contribution in [-0.4, -0.2) is 60.5 Å². The highest BCUT2D eigenvalue weighted by atomic mass is 127. The molecule has 1 N–H and O–H groups in total. The lowest BCUT2D eigenvalue weighted by Crippen LogP contribution is -2.40. The Morgan fingerprint density at radius 1 is 1.32 bits per heavy atom. The molecule has 154 valence electrons. The number of para-hydroxylation sites is 1. The van der Waals surface area contributed by atoms with Crippen molar-refractivity contribution < 1.29 is 4.74 Å². The van der Waals surface area contributed by atoms with Crippen LogP contribution in [0, 0.1) is 5.92 Å². The second-order valence-corrected chi connectivity index (χ2v) is 7.05. The van der Waals surface area contributed by atoms with Crippen molar-refractivity contribution >= 4 is 29.9 Å². The summed E-state index contributed by atoms with van der Waals surface area (Å²) in [6.07, 6.45) is 7.54. The Balaban J connectivity index is 0.00000280. The van der Waals surface area contributed by atoms with Gasteiger partial charge in [-0.2, -0.15) is 5.10 Å². The Bertz CT molecular complexity index is 715. The molecule has 1 aromatic carbocycles. The quantitative estimate of drug-likeness (QED) is 0.237. The second kappa shape index (κ2) is 12.1. The van der Waals surface area contributed by atoms with Gasteiger partial charge in [0.1, 0.15) is 0 Å². The minimum atomic E-state index is 0. The summed E-state index contributed by atoms with van der Waals surface area (Å²) in [4.78, 5) is 6.90. The molecule has 0 unspecified atom stereocenters. The third-order valence-electron chi connectivity index (χ3n) is 4.64. The molecule has 0 aliphatic heterocycles. The van der Waals surface area contributed by atoms with Gasteiger partial charge in [0.05, 0.1) is 18.5 Å². The molecule has 28 heavy (non-hydrogen) atoms. The van der Waals surface area contributed by atoms with Crippen molar-refractivity contribution in [1.82, 2.24) is 20.0 Å². The Labute approximate surface area is 185 Å². The molecule has 1 heterocycles. The molecule has 0 saturated heterocycles. The van der Waals surface area contributed by atoms with E-state index in [-0.39, 0.29) is 24.0 Å². The van der Waals surface area contributed by atoms with Crippen molar-refractivity contribution in [2.75, 3.05) is 39.9 Å². The van der Waals surface area contributed by atoms with E-state index in [2.05, 4.69) is 47.6 Å². The molecule has 0 radical (unpaired) electrons. The minimum absolute atomic E-state index is 0. The Kier molecular flexibility index (Phi) is 9.77. The van der Waals surface area contributed by atoms with Gasteiger partial charge >= 0.3 is 0 Å². The summed E-state index contributed by atoms with van der Waals surface area (Å²) >= 11 is 0. The molecule has 1 fully saturated rings. The van der Waals surface area contributed by atoms with Crippen LogP contribution < -0.4 is 5.32 Å². The average molecular weight is 497 g/mol. The van der Waals surface area contributed by atoms with Crippen molar-refractivity contribution in [3.05, 3.63) is 48.3 Å². The highest BCUT2D eigenvalue weighted by molar-refractivity contribution is 14.0. The number of rotatable bonds is 10. The lowest BCUT2D eigenvalue weighted by molar-refractivity contribution is 0.115. The normalized spacial score (nSPS) is 13.9. The van der Waals surface area contributed by atoms with Crippen LogP contribution in [0.15, 0.2) is 47.7 Å². The lowest BCUT2D eigenvalue weighted by atomic mass is 10.2. The molecule has 0 bridgehead atoms. The molecular weight excluding hydrogens is 465 g/mol. The fourth-order valence-corrected chi connectivity index (χ4v) is 2.81. The number of benzene rings is 1. The molecule has 1 saturated carbocycles. The number of ether oxygens (including phenoxy) is 1. The number of hydrogen-bond donors (Lipinski definition) is 1. The summed E-state index contributed by atoms with van der Waals surface area (Å²) < 4.78 is 7.65. The van der Waals surface area contributed by atoms with Gasteiger partial charge in [-0.05, 0) is 49.8 Å². The van der Waals surface area contributed by atoms with Gasteiger partial charge in [0.25, 0.3) is 0 Å². The second-order valence-electron chi connectivity index (χ2n) is 7.05. The highest BCUT2D eigenvalue weighted by Crippen LogP contribution is 2.28. The zero-order valence-corrected chi connectivity index (χ0v) is 19.2. The van der Waals surface area contributed by atoms with Crippen LogP contribution in [0.1, 0.15) is 25.3 Å². The van der Waals surface area contributed by atoms with Gasteiger partial charge < -0.3 is 15.0 Å². The topological polar surface area (TPSA) is 54.7 Å². The van der Waals surface area contributed by atoms with Gasteiger partial charge in [-0.1, -0.05) is 18.2 Å². The maximum absolute atomic E-state index is 5.74. The third kappa shape index (κ3) is 7.43. The number of likely N-dealkylation sites (N-methyl/N-ethyl adjacent to an activating group) is 1. The molecule has 6 nitrogen and oxygen atoms in total. The zero-order valence-electron chi connectivity index (χ0n) is 16.9. The number of hydrogen-bond acceptors (Lipinski definition) is 3. The first kappa shape index (κ1) is 22.7. The van der Waals surface area contributed by atoms with E-state index < -0.39 is 0 Å². The van der Waals surface area contributed by atoms with Crippen molar-refractivity contribution in [3.63, 3.8) is 0 Å². The van der Waals surface area contributed by atoms with E-state index in [1.807, 2.05) is 29.1 Å². The first-order valence-electron chi connectivity index (χ1n) is 9.92. The van der Waals surface area contributed by atoms with E-state index in [0.29, 0.717) is 0 Å². The minimum Gasteiger partial charge on any atom is -0.379 e. The smallest absolute Gasteiger partial charge is 0.193 e. The van der Waals surface area contributed by atoms with Gasteiger partial charge in [-0.15, -0.1) is 24.0 Å². The molecule has 3 rings (SSSR count). The van der Waals surface area contributed by atoms with E-state index in [1.54, 1.807) is 0 Å². The maximum Gasteiger partial charge on any atom is 0.193 e.